The second-order valence-electron chi connectivity index (χ2n) is 4.91. The Balaban J connectivity index is 2.04. The number of carbonyl (C=O) groups is 1. The first kappa shape index (κ1) is 14.2. The predicted octanol–water partition coefficient (Wildman–Crippen LogP) is 2.90. The van der Waals surface area contributed by atoms with Crippen molar-refractivity contribution in [3.8, 4) is 0 Å². The Kier molecular flexibility index (Phi) is 4.66. The molecule has 19 heavy (non-hydrogen) atoms. The predicted molar refractivity (Wildman–Crippen MR) is 75.2 cm³/mol. The van der Waals surface area contributed by atoms with Gasteiger partial charge in [-0.05, 0) is 37.0 Å². The van der Waals surface area contributed by atoms with Crippen LogP contribution in [0.2, 0.25) is 5.02 Å². The fourth-order valence-corrected chi connectivity index (χ4v) is 2.59. The van der Waals surface area contributed by atoms with Gasteiger partial charge in [-0.15, -0.1) is 0 Å². The van der Waals surface area contributed by atoms with E-state index in [0.29, 0.717) is 5.92 Å². The molecule has 1 aromatic rings. The molecule has 0 radical (unpaired) electrons. The number of hydrogen-bond acceptors (Lipinski definition) is 3. The van der Waals surface area contributed by atoms with Gasteiger partial charge >= 0.3 is 5.97 Å². The molecule has 1 saturated heterocycles. The number of benzene rings is 1. The molecule has 1 aromatic carbocycles. The number of ether oxygens (including phenoxy) is 1. The van der Waals surface area contributed by atoms with Crippen molar-refractivity contribution in [2.75, 3.05) is 31.7 Å². The zero-order valence-electron chi connectivity index (χ0n) is 10.9. The van der Waals surface area contributed by atoms with Gasteiger partial charge in [0.2, 0.25) is 0 Å². The van der Waals surface area contributed by atoms with Crippen molar-refractivity contribution in [3.63, 3.8) is 0 Å². The van der Waals surface area contributed by atoms with Gasteiger partial charge in [-0.2, -0.15) is 0 Å². The number of aromatic carboxylic acids is 1. The topological polar surface area (TPSA) is 49.8 Å². The quantitative estimate of drug-likeness (QED) is 0.923. The highest BCUT2D eigenvalue weighted by molar-refractivity contribution is 6.33. The van der Waals surface area contributed by atoms with Crippen LogP contribution in [-0.4, -0.2) is 37.9 Å². The fraction of sp³-hybridized carbons (Fsp3) is 0.500. The summed E-state index contributed by atoms with van der Waals surface area (Å²) in [6, 6.07) is 5.07. The molecule has 1 aliphatic rings. The van der Waals surface area contributed by atoms with E-state index in [0.717, 1.165) is 38.3 Å². The molecule has 0 spiro atoms. The largest absolute Gasteiger partial charge is 0.478 e. The van der Waals surface area contributed by atoms with E-state index in [1.54, 1.807) is 18.2 Å². The van der Waals surface area contributed by atoms with Crippen molar-refractivity contribution in [3.05, 3.63) is 28.8 Å². The first-order valence-corrected chi connectivity index (χ1v) is 6.77. The van der Waals surface area contributed by atoms with E-state index in [2.05, 4.69) is 4.90 Å². The van der Waals surface area contributed by atoms with E-state index >= 15 is 0 Å². The molecule has 1 aliphatic heterocycles. The van der Waals surface area contributed by atoms with E-state index in [4.69, 9.17) is 21.4 Å². The van der Waals surface area contributed by atoms with Crippen LogP contribution in [-0.2, 0) is 4.74 Å². The summed E-state index contributed by atoms with van der Waals surface area (Å²) in [5.41, 5.74) is 1.09. The lowest BCUT2D eigenvalue weighted by molar-refractivity contribution is 0.0683. The number of halogens is 1. The van der Waals surface area contributed by atoms with E-state index in [9.17, 15) is 4.79 Å². The Labute approximate surface area is 117 Å². The summed E-state index contributed by atoms with van der Waals surface area (Å²) in [5.74, 6) is -0.375. The number of rotatable bonds is 4. The third-order valence-corrected chi connectivity index (χ3v) is 3.81. The zero-order valence-corrected chi connectivity index (χ0v) is 11.7. The summed E-state index contributed by atoms with van der Waals surface area (Å²) in [7, 11) is 2.00. The highest BCUT2D eigenvalue weighted by Crippen LogP contribution is 2.25. The maximum atomic E-state index is 10.9. The third-order valence-electron chi connectivity index (χ3n) is 3.50. The number of carboxylic acid groups (broad SMARTS) is 1. The van der Waals surface area contributed by atoms with Gasteiger partial charge in [0.05, 0.1) is 10.6 Å². The van der Waals surface area contributed by atoms with Gasteiger partial charge in [0.25, 0.3) is 0 Å². The molecule has 0 unspecified atom stereocenters. The maximum absolute atomic E-state index is 10.9. The second-order valence-corrected chi connectivity index (χ2v) is 5.31. The van der Waals surface area contributed by atoms with Crippen molar-refractivity contribution in [2.24, 2.45) is 5.92 Å². The van der Waals surface area contributed by atoms with E-state index in [1.165, 1.54) is 0 Å². The second kappa shape index (κ2) is 6.26. The van der Waals surface area contributed by atoms with Crippen LogP contribution in [0.25, 0.3) is 0 Å². The van der Waals surface area contributed by atoms with Crippen LogP contribution in [0.3, 0.4) is 0 Å². The summed E-state index contributed by atoms with van der Waals surface area (Å²) in [5, 5.41) is 9.23. The molecule has 1 heterocycles. The summed E-state index contributed by atoms with van der Waals surface area (Å²) in [4.78, 5) is 13.0. The third kappa shape index (κ3) is 3.61. The molecule has 0 bridgehead atoms. The lowest BCUT2D eigenvalue weighted by Gasteiger charge is -2.28. The maximum Gasteiger partial charge on any atom is 0.337 e. The van der Waals surface area contributed by atoms with Gasteiger partial charge in [-0.1, -0.05) is 11.6 Å². The average molecular weight is 284 g/mol. The van der Waals surface area contributed by atoms with Gasteiger partial charge in [-0.3, -0.25) is 0 Å². The number of nitrogens with zero attached hydrogens (tertiary/aromatic N) is 1. The normalized spacial score (nSPS) is 16.3. The van der Waals surface area contributed by atoms with Crippen LogP contribution in [0.1, 0.15) is 23.2 Å². The molecule has 0 aromatic heterocycles. The van der Waals surface area contributed by atoms with Crippen LogP contribution in [0, 0.1) is 5.92 Å². The molecule has 4 nitrogen and oxygen atoms in total. The Hall–Kier alpha value is -1.26. The summed E-state index contributed by atoms with van der Waals surface area (Å²) in [6.07, 6.45) is 2.15. The standard InChI is InChI=1S/C14H18ClNO3/c1-16(9-10-4-6-19-7-5-10)11-2-3-12(14(17)18)13(15)8-11/h2-3,8,10H,4-7,9H2,1H3,(H,17,18). The van der Waals surface area contributed by atoms with Gasteiger partial charge in [0, 0.05) is 32.5 Å². The molecule has 0 amide bonds. The zero-order chi connectivity index (χ0) is 13.8. The van der Waals surface area contributed by atoms with Gasteiger partial charge in [0.15, 0.2) is 0 Å². The first-order chi connectivity index (χ1) is 9.08. The Morgan fingerprint density at radius 3 is 2.74 bits per heavy atom. The molecule has 0 aliphatic carbocycles. The van der Waals surface area contributed by atoms with E-state index in [1.807, 2.05) is 7.05 Å². The summed E-state index contributed by atoms with van der Waals surface area (Å²) < 4.78 is 5.34. The summed E-state index contributed by atoms with van der Waals surface area (Å²) >= 11 is 5.98. The fourth-order valence-electron chi connectivity index (χ4n) is 2.34. The van der Waals surface area contributed by atoms with E-state index in [-0.39, 0.29) is 10.6 Å². The Bertz CT molecular complexity index is 458. The molecule has 104 valence electrons. The highest BCUT2D eigenvalue weighted by Gasteiger charge is 2.17. The number of hydrogen-bond donors (Lipinski definition) is 1. The van der Waals surface area contributed by atoms with Crippen LogP contribution in [0.15, 0.2) is 18.2 Å². The Morgan fingerprint density at radius 2 is 2.16 bits per heavy atom. The molecular weight excluding hydrogens is 266 g/mol. The van der Waals surface area contributed by atoms with Gasteiger partial charge in [0.1, 0.15) is 0 Å². The van der Waals surface area contributed by atoms with Crippen molar-refractivity contribution in [1.82, 2.24) is 0 Å². The Morgan fingerprint density at radius 1 is 1.47 bits per heavy atom. The molecule has 5 heteroatoms. The molecule has 1 fully saturated rings. The minimum Gasteiger partial charge on any atom is -0.478 e. The number of carboxylic acids is 1. The lowest BCUT2D eigenvalue weighted by Crippen LogP contribution is -2.29. The van der Waals surface area contributed by atoms with Gasteiger partial charge in [-0.25, -0.2) is 4.79 Å². The molecular formula is C14H18ClNO3. The smallest absolute Gasteiger partial charge is 0.337 e. The molecule has 0 atom stereocenters. The van der Waals surface area contributed by atoms with E-state index < -0.39 is 5.97 Å². The minimum absolute atomic E-state index is 0.143. The van der Waals surface area contributed by atoms with Crippen LogP contribution >= 0.6 is 11.6 Å². The average Bonchev–Trinajstić information content (AvgIpc) is 2.39. The molecule has 2 rings (SSSR count). The van der Waals surface area contributed by atoms with Crippen molar-refractivity contribution in [2.45, 2.75) is 12.8 Å². The van der Waals surface area contributed by atoms with Crippen LogP contribution in [0.5, 0.6) is 0 Å². The first-order valence-electron chi connectivity index (χ1n) is 6.39. The van der Waals surface area contributed by atoms with Crippen LogP contribution < -0.4 is 4.90 Å². The number of anilines is 1. The van der Waals surface area contributed by atoms with Crippen molar-refractivity contribution in [1.29, 1.82) is 0 Å². The molecule has 0 saturated carbocycles. The minimum atomic E-state index is -0.997. The summed E-state index contributed by atoms with van der Waals surface area (Å²) in [6.45, 7) is 2.60. The van der Waals surface area contributed by atoms with Crippen LogP contribution in [0.4, 0.5) is 5.69 Å². The van der Waals surface area contributed by atoms with Crippen molar-refractivity contribution < 1.29 is 14.6 Å². The highest BCUT2D eigenvalue weighted by atomic mass is 35.5. The van der Waals surface area contributed by atoms with Gasteiger partial charge < -0.3 is 14.7 Å². The monoisotopic (exact) mass is 283 g/mol. The lowest BCUT2D eigenvalue weighted by atomic mass is 9.99. The van der Waals surface area contributed by atoms with Crippen molar-refractivity contribution >= 4 is 23.3 Å². The molecule has 1 N–H and O–H groups in total. The SMILES string of the molecule is CN(CC1CCOCC1)c1ccc(C(=O)O)c(Cl)c1.